The first-order chi connectivity index (χ1) is 14.7. The Morgan fingerprint density at radius 3 is 1.23 bits per heavy atom. The van der Waals surface area contributed by atoms with E-state index in [1.807, 2.05) is 48.5 Å². The molecule has 2 heterocycles. The SMILES string of the molecule is O=C(Nn1nc2ccccc2n1)C1CCC(C(=O)Nn2nc3ccccc3n2)CC1. The third-order valence-corrected chi connectivity index (χ3v) is 5.46. The lowest BCUT2D eigenvalue weighted by molar-refractivity contribution is -0.126. The Morgan fingerprint density at radius 1 is 0.633 bits per heavy atom. The van der Waals surface area contributed by atoms with Crippen LogP contribution in [0.4, 0.5) is 0 Å². The predicted octanol–water partition coefficient (Wildman–Crippen LogP) is 1.82. The van der Waals surface area contributed by atoms with E-state index in [1.54, 1.807) is 0 Å². The van der Waals surface area contributed by atoms with E-state index >= 15 is 0 Å². The van der Waals surface area contributed by atoms with Crippen LogP contribution in [0.5, 0.6) is 0 Å². The molecule has 1 fully saturated rings. The number of hydrogen-bond donors (Lipinski definition) is 2. The van der Waals surface area contributed by atoms with Gasteiger partial charge in [0.15, 0.2) is 0 Å². The highest BCUT2D eigenvalue weighted by Crippen LogP contribution is 2.29. The average Bonchev–Trinajstić information content (AvgIpc) is 3.36. The van der Waals surface area contributed by atoms with E-state index < -0.39 is 0 Å². The number of rotatable bonds is 4. The van der Waals surface area contributed by atoms with Crippen molar-refractivity contribution in [2.75, 3.05) is 10.9 Å². The zero-order valence-electron chi connectivity index (χ0n) is 16.1. The van der Waals surface area contributed by atoms with Crippen LogP contribution in [0.3, 0.4) is 0 Å². The molecule has 2 N–H and O–H groups in total. The molecule has 0 bridgehead atoms. The summed E-state index contributed by atoms with van der Waals surface area (Å²) in [5.74, 6) is -0.606. The van der Waals surface area contributed by atoms with Crippen molar-refractivity contribution in [3.8, 4) is 0 Å². The van der Waals surface area contributed by atoms with Crippen LogP contribution in [0.25, 0.3) is 22.1 Å². The molecule has 0 saturated heterocycles. The number of amides is 2. The Kier molecular flexibility index (Phi) is 4.58. The van der Waals surface area contributed by atoms with Gasteiger partial charge in [-0.1, -0.05) is 34.1 Å². The van der Waals surface area contributed by atoms with Crippen molar-refractivity contribution in [3.05, 3.63) is 48.5 Å². The number of carbonyl (C=O) groups excluding carboxylic acids is 2. The molecule has 0 radical (unpaired) electrons. The Hall–Kier alpha value is -3.82. The first-order valence-corrected chi connectivity index (χ1v) is 9.91. The van der Waals surface area contributed by atoms with E-state index in [1.165, 1.54) is 9.81 Å². The molecule has 1 aliphatic carbocycles. The molecule has 0 atom stereocenters. The maximum absolute atomic E-state index is 12.6. The number of nitrogens with one attached hydrogen (secondary N) is 2. The van der Waals surface area contributed by atoms with Crippen molar-refractivity contribution in [2.24, 2.45) is 11.8 Å². The highest BCUT2D eigenvalue weighted by Gasteiger charge is 2.30. The van der Waals surface area contributed by atoms with Crippen LogP contribution in [-0.2, 0) is 9.59 Å². The molecule has 10 nitrogen and oxygen atoms in total. The molecular weight excluding hydrogens is 384 g/mol. The number of nitrogens with zero attached hydrogens (tertiary/aromatic N) is 6. The summed E-state index contributed by atoms with van der Waals surface area (Å²) in [5, 5.41) is 17.0. The second kappa shape index (κ2) is 7.54. The largest absolute Gasteiger partial charge is 0.273 e. The number of aromatic nitrogens is 6. The predicted molar refractivity (Wildman–Crippen MR) is 109 cm³/mol. The van der Waals surface area contributed by atoms with Crippen LogP contribution in [0.15, 0.2) is 48.5 Å². The lowest BCUT2D eigenvalue weighted by atomic mass is 9.81. The third-order valence-electron chi connectivity index (χ3n) is 5.46. The molecule has 5 rings (SSSR count). The van der Waals surface area contributed by atoms with Crippen molar-refractivity contribution in [1.82, 2.24) is 30.2 Å². The van der Waals surface area contributed by atoms with E-state index in [0.29, 0.717) is 25.7 Å². The van der Waals surface area contributed by atoms with Gasteiger partial charge in [-0.3, -0.25) is 9.59 Å². The number of fused-ring (bicyclic) bond motifs is 2. The Bertz CT molecular complexity index is 1060. The van der Waals surface area contributed by atoms with Crippen LogP contribution in [-0.4, -0.2) is 42.0 Å². The van der Waals surface area contributed by atoms with Gasteiger partial charge in [0, 0.05) is 11.8 Å². The van der Waals surface area contributed by atoms with Gasteiger partial charge in [0.2, 0.25) is 11.8 Å². The summed E-state index contributed by atoms with van der Waals surface area (Å²) in [7, 11) is 0. The van der Waals surface area contributed by atoms with E-state index in [9.17, 15) is 9.59 Å². The van der Waals surface area contributed by atoms with Gasteiger partial charge in [0.25, 0.3) is 0 Å². The molecule has 2 amide bonds. The number of hydrogen-bond acceptors (Lipinski definition) is 6. The lowest BCUT2D eigenvalue weighted by Gasteiger charge is -2.26. The molecule has 152 valence electrons. The maximum Gasteiger partial charge on any atom is 0.244 e. The zero-order chi connectivity index (χ0) is 20.5. The monoisotopic (exact) mass is 404 g/mol. The zero-order valence-corrected chi connectivity index (χ0v) is 16.1. The van der Waals surface area contributed by atoms with Crippen molar-refractivity contribution >= 4 is 33.9 Å². The Morgan fingerprint density at radius 2 is 0.933 bits per heavy atom. The molecule has 1 saturated carbocycles. The van der Waals surface area contributed by atoms with E-state index in [0.717, 1.165) is 22.1 Å². The summed E-state index contributed by atoms with van der Waals surface area (Å²) in [4.78, 5) is 27.6. The summed E-state index contributed by atoms with van der Waals surface area (Å²) < 4.78 is 0. The topological polar surface area (TPSA) is 120 Å². The van der Waals surface area contributed by atoms with Gasteiger partial charge in [-0.25, -0.2) is 10.9 Å². The van der Waals surface area contributed by atoms with Crippen LogP contribution < -0.4 is 10.9 Å². The van der Waals surface area contributed by atoms with Gasteiger partial charge in [0.1, 0.15) is 22.1 Å². The molecule has 0 aliphatic heterocycles. The van der Waals surface area contributed by atoms with Crippen molar-refractivity contribution in [2.45, 2.75) is 25.7 Å². The first-order valence-electron chi connectivity index (χ1n) is 9.91. The summed E-state index contributed by atoms with van der Waals surface area (Å²) in [6, 6.07) is 14.8. The highest BCUT2D eigenvalue weighted by molar-refractivity contribution is 5.88. The fourth-order valence-electron chi connectivity index (χ4n) is 3.82. The van der Waals surface area contributed by atoms with E-state index in [2.05, 4.69) is 31.2 Å². The van der Waals surface area contributed by atoms with Gasteiger partial charge in [0.05, 0.1) is 0 Å². The molecule has 2 aromatic carbocycles. The number of benzene rings is 2. The summed E-state index contributed by atoms with van der Waals surface area (Å²) in [6.45, 7) is 0. The van der Waals surface area contributed by atoms with Gasteiger partial charge in [-0.05, 0) is 49.9 Å². The number of carbonyl (C=O) groups is 2. The fraction of sp³-hybridized carbons (Fsp3) is 0.300. The van der Waals surface area contributed by atoms with Crippen molar-refractivity contribution < 1.29 is 9.59 Å². The van der Waals surface area contributed by atoms with Gasteiger partial charge >= 0.3 is 0 Å². The standard InChI is InChI=1S/C20H20N8O2/c29-19(25-27-21-15-5-1-2-6-16(15)22-27)13-9-11-14(12-10-13)20(30)26-28-23-17-7-3-4-8-18(17)24-28/h1-8,13-14H,9-12H2,(H,25,29)(H,26,30). The smallest absolute Gasteiger partial charge is 0.244 e. The van der Waals surface area contributed by atoms with E-state index in [-0.39, 0.29) is 23.7 Å². The Labute approximate surface area is 171 Å². The molecule has 30 heavy (non-hydrogen) atoms. The molecule has 4 aromatic rings. The maximum atomic E-state index is 12.6. The normalized spacial score (nSPS) is 19.1. The summed E-state index contributed by atoms with van der Waals surface area (Å²) >= 11 is 0. The molecular formula is C20H20N8O2. The first kappa shape index (κ1) is 18.2. The highest BCUT2D eigenvalue weighted by atomic mass is 16.2. The Balaban J connectivity index is 1.16. The van der Waals surface area contributed by atoms with Crippen LogP contribution >= 0.6 is 0 Å². The average molecular weight is 404 g/mol. The fourth-order valence-corrected chi connectivity index (χ4v) is 3.82. The van der Waals surface area contributed by atoms with E-state index in [4.69, 9.17) is 0 Å². The van der Waals surface area contributed by atoms with Crippen LogP contribution in [0.1, 0.15) is 25.7 Å². The summed E-state index contributed by atoms with van der Waals surface area (Å²) in [5.41, 5.74) is 8.34. The van der Waals surface area contributed by atoms with Gasteiger partial charge in [-0.2, -0.15) is 0 Å². The summed E-state index contributed by atoms with van der Waals surface area (Å²) in [6.07, 6.45) is 2.50. The van der Waals surface area contributed by atoms with Gasteiger partial charge in [-0.15, -0.1) is 20.4 Å². The second-order valence-corrected chi connectivity index (χ2v) is 7.46. The molecule has 0 spiro atoms. The lowest BCUT2D eigenvalue weighted by Crippen LogP contribution is -2.37. The van der Waals surface area contributed by atoms with Gasteiger partial charge < -0.3 is 0 Å². The quantitative estimate of drug-likeness (QED) is 0.535. The molecule has 1 aliphatic rings. The van der Waals surface area contributed by atoms with Crippen LogP contribution in [0, 0.1) is 11.8 Å². The second-order valence-electron chi connectivity index (χ2n) is 7.46. The minimum Gasteiger partial charge on any atom is -0.273 e. The third kappa shape index (κ3) is 3.59. The minimum absolute atomic E-state index is 0.130. The minimum atomic E-state index is -0.173. The molecule has 10 heteroatoms. The van der Waals surface area contributed by atoms with Crippen LogP contribution in [0.2, 0.25) is 0 Å². The van der Waals surface area contributed by atoms with Crippen molar-refractivity contribution in [3.63, 3.8) is 0 Å². The van der Waals surface area contributed by atoms with Crippen molar-refractivity contribution in [1.29, 1.82) is 0 Å². The molecule has 0 unspecified atom stereocenters. The molecule has 2 aromatic heterocycles.